The predicted molar refractivity (Wildman–Crippen MR) is 113 cm³/mol. The summed E-state index contributed by atoms with van der Waals surface area (Å²) in [5.74, 6) is -0.861. The molecule has 0 saturated heterocycles. The van der Waals surface area contributed by atoms with Crippen LogP contribution in [0, 0.1) is 0 Å². The van der Waals surface area contributed by atoms with Crippen LogP contribution in [-0.2, 0) is 25.5 Å². The molecule has 0 aromatic heterocycles. The minimum Gasteiger partial charge on any atom is -0.482 e. The lowest BCUT2D eigenvalue weighted by Crippen LogP contribution is -2.25. The van der Waals surface area contributed by atoms with Gasteiger partial charge in [-0.25, -0.2) is 10.2 Å². The summed E-state index contributed by atoms with van der Waals surface area (Å²) in [7, 11) is 0. The van der Waals surface area contributed by atoms with E-state index in [1.54, 1.807) is 37.3 Å². The lowest BCUT2D eigenvalue weighted by molar-refractivity contribution is -0.145. The fourth-order valence-corrected chi connectivity index (χ4v) is 2.50. The standard InChI is InChI=1S/C22H25N3O5/c1-3-17-7-5-6-8-19(17)24-20(26)13-21(27)25-23-14-16-9-11-18(12-10-16)30-15-22(28)29-4-2/h5-12,14H,3-4,13,15H2,1-2H3,(H,24,26)(H,25,27). The van der Waals surface area contributed by atoms with E-state index in [1.807, 2.05) is 25.1 Å². The summed E-state index contributed by atoms with van der Waals surface area (Å²) in [4.78, 5) is 35.2. The van der Waals surface area contributed by atoms with E-state index >= 15 is 0 Å². The van der Waals surface area contributed by atoms with Crippen LogP contribution in [0.5, 0.6) is 5.75 Å². The van der Waals surface area contributed by atoms with Gasteiger partial charge in [-0.05, 0) is 54.8 Å². The third kappa shape index (κ3) is 7.75. The molecular formula is C22H25N3O5. The number of esters is 1. The van der Waals surface area contributed by atoms with E-state index in [9.17, 15) is 14.4 Å². The Morgan fingerprint density at radius 1 is 1.00 bits per heavy atom. The highest BCUT2D eigenvalue weighted by Crippen LogP contribution is 2.15. The number of para-hydroxylation sites is 1. The summed E-state index contributed by atoms with van der Waals surface area (Å²) >= 11 is 0. The molecule has 2 amide bonds. The smallest absolute Gasteiger partial charge is 0.344 e. The zero-order valence-corrected chi connectivity index (χ0v) is 17.0. The maximum absolute atomic E-state index is 12.0. The zero-order chi connectivity index (χ0) is 21.8. The van der Waals surface area contributed by atoms with Gasteiger partial charge in [0.2, 0.25) is 11.8 Å². The van der Waals surface area contributed by atoms with Gasteiger partial charge in [0.1, 0.15) is 12.2 Å². The quantitative estimate of drug-likeness (QED) is 0.271. The number of carbonyl (C=O) groups is 3. The molecule has 0 saturated carbocycles. The van der Waals surface area contributed by atoms with Crippen molar-refractivity contribution in [1.82, 2.24) is 5.43 Å². The Balaban J connectivity index is 1.77. The highest BCUT2D eigenvalue weighted by atomic mass is 16.6. The second-order valence-electron chi connectivity index (χ2n) is 6.19. The summed E-state index contributed by atoms with van der Waals surface area (Å²) in [6, 6.07) is 14.2. The van der Waals surface area contributed by atoms with Gasteiger partial charge in [0.25, 0.3) is 0 Å². The molecule has 0 radical (unpaired) electrons. The van der Waals surface area contributed by atoms with Gasteiger partial charge < -0.3 is 14.8 Å². The van der Waals surface area contributed by atoms with Crippen LogP contribution in [0.3, 0.4) is 0 Å². The maximum atomic E-state index is 12.0. The molecule has 2 N–H and O–H groups in total. The highest BCUT2D eigenvalue weighted by molar-refractivity contribution is 6.04. The summed E-state index contributed by atoms with van der Waals surface area (Å²) < 4.78 is 10.1. The van der Waals surface area contributed by atoms with Crippen molar-refractivity contribution in [2.24, 2.45) is 5.10 Å². The van der Waals surface area contributed by atoms with Crippen LogP contribution in [0.15, 0.2) is 53.6 Å². The number of ether oxygens (including phenoxy) is 2. The van der Waals surface area contributed by atoms with Gasteiger partial charge in [0.15, 0.2) is 6.61 Å². The topological polar surface area (TPSA) is 106 Å². The zero-order valence-electron chi connectivity index (χ0n) is 17.0. The second-order valence-corrected chi connectivity index (χ2v) is 6.19. The molecule has 8 nitrogen and oxygen atoms in total. The highest BCUT2D eigenvalue weighted by Gasteiger charge is 2.10. The third-order valence-corrected chi connectivity index (χ3v) is 3.94. The molecule has 0 atom stereocenters. The second kappa shape index (κ2) is 12.0. The predicted octanol–water partition coefficient (Wildman–Crippen LogP) is 2.67. The van der Waals surface area contributed by atoms with E-state index in [0.29, 0.717) is 23.6 Å². The molecule has 0 fully saturated rings. The fraction of sp³-hybridized carbons (Fsp3) is 0.273. The molecule has 0 aliphatic rings. The van der Waals surface area contributed by atoms with Gasteiger partial charge in [0.05, 0.1) is 12.8 Å². The van der Waals surface area contributed by atoms with Crippen LogP contribution in [0.2, 0.25) is 0 Å². The first-order valence-electron chi connectivity index (χ1n) is 9.60. The van der Waals surface area contributed by atoms with Crippen molar-refractivity contribution in [3.8, 4) is 5.75 Å². The molecule has 2 aromatic carbocycles. The van der Waals surface area contributed by atoms with E-state index < -0.39 is 17.8 Å². The van der Waals surface area contributed by atoms with Crippen LogP contribution >= 0.6 is 0 Å². The molecule has 158 valence electrons. The Kier molecular flexibility index (Phi) is 9.05. The molecule has 0 aliphatic carbocycles. The average molecular weight is 411 g/mol. The monoisotopic (exact) mass is 411 g/mol. The van der Waals surface area contributed by atoms with Crippen molar-refractivity contribution in [2.45, 2.75) is 26.7 Å². The molecule has 0 aliphatic heterocycles. The minimum absolute atomic E-state index is 0.165. The number of carbonyl (C=O) groups excluding carboxylic acids is 3. The Bertz CT molecular complexity index is 894. The lowest BCUT2D eigenvalue weighted by Gasteiger charge is -2.09. The SMILES string of the molecule is CCOC(=O)COc1ccc(C=NNC(=O)CC(=O)Nc2ccccc2CC)cc1. The molecule has 2 aromatic rings. The Morgan fingerprint density at radius 2 is 1.73 bits per heavy atom. The summed E-state index contributed by atoms with van der Waals surface area (Å²) in [6.45, 7) is 3.85. The molecule has 2 rings (SSSR count). The summed E-state index contributed by atoms with van der Waals surface area (Å²) in [5, 5.41) is 6.58. The number of benzene rings is 2. The van der Waals surface area contributed by atoms with E-state index in [-0.39, 0.29) is 13.0 Å². The number of amides is 2. The van der Waals surface area contributed by atoms with E-state index in [1.165, 1.54) is 6.21 Å². The number of nitrogens with zero attached hydrogens (tertiary/aromatic N) is 1. The third-order valence-electron chi connectivity index (χ3n) is 3.94. The number of hydrogen-bond donors (Lipinski definition) is 2. The van der Waals surface area contributed by atoms with Gasteiger partial charge in [-0.15, -0.1) is 0 Å². The molecule has 0 bridgehead atoms. The maximum Gasteiger partial charge on any atom is 0.344 e. The van der Waals surface area contributed by atoms with Gasteiger partial charge in [-0.2, -0.15) is 5.10 Å². The van der Waals surface area contributed by atoms with Crippen molar-refractivity contribution in [3.63, 3.8) is 0 Å². The van der Waals surface area contributed by atoms with E-state index in [4.69, 9.17) is 9.47 Å². The largest absolute Gasteiger partial charge is 0.482 e. The van der Waals surface area contributed by atoms with E-state index in [0.717, 1.165) is 12.0 Å². The fourth-order valence-electron chi connectivity index (χ4n) is 2.50. The first-order chi connectivity index (χ1) is 14.5. The van der Waals surface area contributed by atoms with Crippen molar-refractivity contribution in [2.75, 3.05) is 18.5 Å². The number of nitrogens with one attached hydrogen (secondary N) is 2. The van der Waals surface area contributed by atoms with Crippen LogP contribution in [-0.4, -0.2) is 37.2 Å². The minimum atomic E-state index is -0.521. The number of aryl methyl sites for hydroxylation is 1. The van der Waals surface area contributed by atoms with E-state index in [2.05, 4.69) is 15.8 Å². The normalized spacial score (nSPS) is 10.5. The van der Waals surface area contributed by atoms with Crippen LogP contribution in [0.25, 0.3) is 0 Å². The Morgan fingerprint density at radius 3 is 2.43 bits per heavy atom. The van der Waals surface area contributed by atoms with Gasteiger partial charge in [-0.3, -0.25) is 9.59 Å². The molecule has 8 heteroatoms. The van der Waals surface area contributed by atoms with Gasteiger partial charge >= 0.3 is 5.97 Å². The molecule has 0 spiro atoms. The number of rotatable bonds is 10. The van der Waals surface area contributed by atoms with Crippen molar-refractivity contribution >= 4 is 29.7 Å². The molecule has 0 heterocycles. The summed E-state index contributed by atoms with van der Waals surface area (Å²) in [6.07, 6.45) is 1.88. The number of anilines is 1. The summed E-state index contributed by atoms with van der Waals surface area (Å²) in [5.41, 5.74) is 4.73. The molecule has 30 heavy (non-hydrogen) atoms. The lowest BCUT2D eigenvalue weighted by atomic mass is 10.1. The van der Waals surface area contributed by atoms with Crippen LogP contribution in [0.1, 0.15) is 31.4 Å². The van der Waals surface area contributed by atoms with Crippen molar-refractivity contribution in [3.05, 3.63) is 59.7 Å². The van der Waals surface area contributed by atoms with Crippen LogP contribution in [0.4, 0.5) is 5.69 Å². The Labute approximate surface area is 175 Å². The van der Waals surface area contributed by atoms with Crippen molar-refractivity contribution < 1.29 is 23.9 Å². The first-order valence-corrected chi connectivity index (χ1v) is 9.60. The first kappa shape index (κ1) is 22.6. The number of hydrogen-bond acceptors (Lipinski definition) is 6. The van der Waals surface area contributed by atoms with Crippen LogP contribution < -0.4 is 15.5 Å². The number of hydrazone groups is 1. The Hall–Kier alpha value is -3.68. The molecule has 0 unspecified atom stereocenters. The van der Waals surface area contributed by atoms with Gasteiger partial charge in [0, 0.05) is 5.69 Å². The molecular weight excluding hydrogens is 386 g/mol. The van der Waals surface area contributed by atoms with Gasteiger partial charge in [-0.1, -0.05) is 25.1 Å². The van der Waals surface area contributed by atoms with Crippen molar-refractivity contribution in [1.29, 1.82) is 0 Å². The average Bonchev–Trinajstić information content (AvgIpc) is 2.73.